The Kier molecular flexibility index (Phi) is 4.19. The highest BCUT2D eigenvalue weighted by atomic mass is 32.2. The molecule has 1 heterocycles. The second-order valence-corrected chi connectivity index (χ2v) is 7.43. The van der Waals surface area contributed by atoms with Crippen LogP contribution in [0.4, 0.5) is 11.4 Å². The van der Waals surface area contributed by atoms with Crippen LogP contribution in [0.3, 0.4) is 0 Å². The van der Waals surface area contributed by atoms with Gasteiger partial charge < -0.3 is 10.0 Å². The molecule has 0 fully saturated rings. The summed E-state index contributed by atoms with van der Waals surface area (Å²) >= 11 is 0.718. The summed E-state index contributed by atoms with van der Waals surface area (Å²) in [5.41, 5.74) is 1.16. The monoisotopic (exact) mass is 326 g/mol. The maximum absolute atomic E-state index is 12.3. The van der Waals surface area contributed by atoms with E-state index < -0.39 is 16.0 Å². The minimum atomic E-state index is -3.80. The quantitative estimate of drug-likeness (QED) is 0.880. The molecule has 0 saturated carbocycles. The number of anilines is 2. The number of sulfonamides is 1. The van der Waals surface area contributed by atoms with Gasteiger partial charge in [0.05, 0.1) is 11.4 Å². The molecule has 2 rings (SSSR count). The summed E-state index contributed by atoms with van der Waals surface area (Å²) < 4.78 is 27.1. The zero-order valence-corrected chi connectivity index (χ0v) is 13.0. The standard InChI is InChI=1S/C13H14N2O4S2/c1-15(2)10-6-4-3-5-9(10)14-21(18,19)12-8-7-11(20-12)13(16)17/h3-8,14H,1-2H3,(H,16,17). The highest BCUT2D eigenvalue weighted by Gasteiger charge is 2.20. The molecule has 0 aliphatic carbocycles. The molecule has 2 aromatic rings. The van der Waals surface area contributed by atoms with Crippen LogP contribution in [0, 0.1) is 0 Å². The zero-order chi connectivity index (χ0) is 15.6. The van der Waals surface area contributed by atoms with Gasteiger partial charge in [-0.15, -0.1) is 11.3 Å². The number of thiophene rings is 1. The van der Waals surface area contributed by atoms with Gasteiger partial charge in [0.1, 0.15) is 9.09 Å². The van der Waals surface area contributed by atoms with Crippen LogP contribution in [0.25, 0.3) is 0 Å². The molecule has 0 bridgehead atoms. The van der Waals surface area contributed by atoms with Gasteiger partial charge in [-0.25, -0.2) is 13.2 Å². The van der Waals surface area contributed by atoms with Gasteiger partial charge in [0.25, 0.3) is 10.0 Å². The van der Waals surface area contributed by atoms with Crippen LogP contribution < -0.4 is 9.62 Å². The predicted octanol–water partition coefficient (Wildman–Crippen LogP) is 2.31. The highest BCUT2D eigenvalue weighted by molar-refractivity contribution is 7.94. The first-order valence-electron chi connectivity index (χ1n) is 5.93. The van der Waals surface area contributed by atoms with Crippen molar-refractivity contribution in [2.24, 2.45) is 0 Å². The number of carbonyl (C=O) groups is 1. The lowest BCUT2D eigenvalue weighted by atomic mass is 10.2. The number of aromatic carboxylic acids is 1. The minimum Gasteiger partial charge on any atom is -0.477 e. The maximum atomic E-state index is 12.3. The third-order valence-electron chi connectivity index (χ3n) is 2.69. The van der Waals surface area contributed by atoms with E-state index in [9.17, 15) is 13.2 Å². The van der Waals surface area contributed by atoms with Gasteiger partial charge in [0.15, 0.2) is 0 Å². The van der Waals surface area contributed by atoms with E-state index in [1.165, 1.54) is 12.1 Å². The average Bonchev–Trinajstić information content (AvgIpc) is 2.89. The first-order chi connectivity index (χ1) is 9.81. The molecule has 2 N–H and O–H groups in total. The van der Waals surface area contributed by atoms with Crippen LogP contribution in [0.1, 0.15) is 9.67 Å². The van der Waals surface area contributed by atoms with E-state index in [-0.39, 0.29) is 9.09 Å². The predicted molar refractivity (Wildman–Crippen MR) is 82.9 cm³/mol. The van der Waals surface area contributed by atoms with Gasteiger partial charge in [-0.3, -0.25) is 4.72 Å². The Morgan fingerprint density at radius 1 is 1.19 bits per heavy atom. The Labute approximate surface area is 126 Å². The first-order valence-corrected chi connectivity index (χ1v) is 8.23. The SMILES string of the molecule is CN(C)c1ccccc1NS(=O)(=O)c1ccc(C(=O)O)s1. The molecule has 21 heavy (non-hydrogen) atoms. The topological polar surface area (TPSA) is 86.7 Å². The molecule has 8 heteroatoms. The largest absolute Gasteiger partial charge is 0.477 e. The Morgan fingerprint density at radius 2 is 1.86 bits per heavy atom. The maximum Gasteiger partial charge on any atom is 0.345 e. The van der Waals surface area contributed by atoms with E-state index in [2.05, 4.69) is 4.72 Å². The molecule has 0 spiro atoms. The van der Waals surface area contributed by atoms with Gasteiger partial charge >= 0.3 is 5.97 Å². The van der Waals surface area contributed by atoms with Crippen molar-refractivity contribution in [3.05, 3.63) is 41.3 Å². The zero-order valence-electron chi connectivity index (χ0n) is 11.4. The van der Waals surface area contributed by atoms with Crippen LogP contribution >= 0.6 is 11.3 Å². The molecule has 0 unspecified atom stereocenters. The number of para-hydroxylation sites is 2. The summed E-state index contributed by atoms with van der Waals surface area (Å²) in [5, 5.41) is 8.86. The van der Waals surface area contributed by atoms with Crippen molar-refractivity contribution in [1.82, 2.24) is 0 Å². The van der Waals surface area contributed by atoms with Crippen molar-refractivity contribution in [3.63, 3.8) is 0 Å². The molecular formula is C13H14N2O4S2. The van der Waals surface area contributed by atoms with E-state index in [0.717, 1.165) is 17.0 Å². The third-order valence-corrected chi connectivity index (χ3v) is 5.62. The number of benzene rings is 1. The lowest BCUT2D eigenvalue weighted by molar-refractivity contribution is 0.0702. The van der Waals surface area contributed by atoms with E-state index in [4.69, 9.17) is 5.11 Å². The molecule has 0 aliphatic heterocycles. The number of carboxylic acids is 1. The van der Waals surface area contributed by atoms with Crippen LogP contribution in [-0.4, -0.2) is 33.6 Å². The van der Waals surface area contributed by atoms with Crippen LogP contribution in [0.15, 0.2) is 40.6 Å². The van der Waals surface area contributed by atoms with Gasteiger partial charge in [-0.1, -0.05) is 12.1 Å². The van der Waals surface area contributed by atoms with E-state index >= 15 is 0 Å². The van der Waals surface area contributed by atoms with E-state index in [0.29, 0.717) is 5.69 Å². The molecule has 1 aromatic carbocycles. The van der Waals surface area contributed by atoms with Crippen LogP contribution in [0.2, 0.25) is 0 Å². The van der Waals surface area contributed by atoms with Crippen LogP contribution in [0.5, 0.6) is 0 Å². The molecule has 1 aromatic heterocycles. The van der Waals surface area contributed by atoms with Gasteiger partial charge in [0.2, 0.25) is 0 Å². The van der Waals surface area contributed by atoms with Crippen molar-refractivity contribution in [1.29, 1.82) is 0 Å². The average molecular weight is 326 g/mol. The van der Waals surface area contributed by atoms with Crippen molar-refractivity contribution in [2.45, 2.75) is 4.21 Å². The Hall–Kier alpha value is -2.06. The minimum absolute atomic E-state index is 0.0173. The number of nitrogens with one attached hydrogen (secondary N) is 1. The fourth-order valence-corrected chi connectivity index (χ4v) is 3.94. The summed E-state index contributed by atoms with van der Waals surface area (Å²) in [5.74, 6) is -1.14. The van der Waals surface area contributed by atoms with E-state index in [1.54, 1.807) is 43.3 Å². The molecule has 0 amide bonds. The first kappa shape index (κ1) is 15.3. The van der Waals surface area contributed by atoms with E-state index in [1.807, 2.05) is 0 Å². The molecule has 6 nitrogen and oxygen atoms in total. The summed E-state index contributed by atoms with van der Waals surface area (Å²) in [6, 6.07) is 9.53. The summed E-state index contributed by atoms with van der Waals surface area (Å²) in [6.45, 7) is 0. The molecule has 0 saturated heterocycles. The molecule has 0 atom stereocenters. The smallest absolute Gasteiger partial charge is 0.345 e. The van der Waals surface area contributed by atoms with Gasteiger partial charge in [0, 0.05) is 14.1 Å². The molecular weight excluding hydrogens is 312 g/mol. The van der Waals surface area contributed by atoms with Crippen molar-refractivity contribution in [3.8, 4) is 0 Å². The van der Waals surface area contributed by atoms with Crippen molar-refractivity contribution < 1.29 is 18.3 Å². The third kappa shape index (κ3) is 3.34. The van der Waals surface area contributed by atoms with Crippen LogP contribution in [-0.2, 0) is 10.0 Å². The fourth-order valence-electron chi connectivity index (χ4n) is 1.72. The normalized spacial score (nSPS) is 11.1. The summed E-state index contributed by atoms with van der Waals surface area (Å²) in [4.78, 5) is 12.6. The van der Waals surface area contributed by atoms with Crippen molar-refractivity contribution >= 4 is 38.7 Å². The van der Waals surface area contributed by atoms with Gasteiger partial charge in [-0.05, 0) is 24.3 Å². The number of rotatable bonds is 5. The Balaban J connectivity index is 2.35. The second-order valence-electron chi connectivity index (χ2n) is 4.44. The Morgan fingerprint density at radius 3 is 2.43 bits per heavy atom. The number of hydrogen-bond acceptors (Lipinski definition) is 5. The molecule has 112 valence electrons. The van der Waals surface area contributed by atoms with Gasteiger partial charge in [-0.2, -0.15) is 0 Å². The summed E-state index contributed by atoms with van der Waals surface area (Å²) in [6.07, 6.45) is 0. The number of hydrogen-bond donors (Lipinski definition) is 2. The number of nitrogens with zero attached hydrogens (tertiary/aromatic N) is 1. The summed E-state index contributed by atoms with van der Waals surface area (Å²) in [7, 11) is -0.191. The highest BCUT2D eigenvalue weighted by Crippen LogP contribution is 2.28. The van der Waals surface area contributed by atoms with Crippen molar-refractivity contribution in [2.75, 3.05) is 23.7 Å². The fraction of sp³-hybridized carbons (Fsp3) is 0.154. The number of carboxylic acid groups (broad SMARTS) is 1. The lowest BCUT2D eigenvalue weighted by Crippen LogP contribution is -2.16. The second kappa shape index (κ2) is 5.74. The Bertz CT molecular complexity index is 766. The lowest BCUT2D eigenvalue weighted by Gasteiger charge is -2.17. The molecule has 0 radical (unpaired) electrons. The molecule has 0 aliphatic rings.